The summed E-state index contributed by atoms with van der Waals surface area (Å²) in [5, 5.41) is 7.50. The number of aromatic nitrogens is 2. The molecule has 1 aromatic heterocycles. The third-order valence-corrected chi connectivity index (χ3v) is 12.6. The van der Waals surface area contributed by atoms with Crippen molar-refractivity contribution in [2.45, 2.75) is 103 Å². The van der Waals surface area contributed by atoms with Crippen LogP contribution < -0.4 is 15.4 Å². The molecule has 4 aromatic rings. The minimum Gasteiger partial charge on any atom is -0.488 e. The number of ether oxygens (including phenoxy) is 4. The summed E-state index contributed by atoms with van der Waals surface area (Å²) >= 11 is 0. The van der Waals surface area contributed by atoms with Gasteiger partial charge in [0.1, 0.15) is 30.3 Å². The minimum absolute atomic E-state index is 0.0147. The van der Waals surface area contributed by atoms with Gasteiger partial charge in [0.25, 0.3) is 0 Å². The second kappa shape index (κ2) is 16.6. The van der Waals surface area contributed by atoms with Gasteiger partial charge >= 0.3 is 12.2 Å². The zero-order chi connectivity index (χ0) is 42.4. The molecule has 2 saturated heterocycles. The highest BCUT2D eigenvalue weighted by Gasteiger charge is 2.43. The van der Waals surface area contributed by atoms with Crippen molar-refractivity contribution >= 4 is 46.2 Å². The monoisotopic (exact) mass is 819 g/mol. The predicted octanol–water partition coefficient (Wildman–Crippen LogP) is 6.60. The average Bonchev–Trinajstić information content (AvgIpc) is 4.07. The molecule has 0 aliphatic carbocycles. The third-order valence-electron chi connectivity index (χ3n) is 12.6. The van der Waals surface area contributed by atoms with Gasteiger partial charge in [-0.25, -0.2) is 14.6 Å². The van der Waals surface area contributed by atoms with Gasteiger partial charge in [0.05, 0.1) is 50.5 Å². The number of benzene rings is 3. The molecule has 5 heterocycles. The number of hydrogen-bond acceptors (Lipinski definition) is 10. The minimum atomic E-state index is -0.874. The van der Waals surface area contributed by atoms with Crippen LogP contribution in [0.1, 0.15) is 76.4 Å². The molecule has 4 aliphatic heterocycles. The quantitative estimate of drug-likeness (QED) is 0.159. The van der Waals surface area contributed by atoms with Gasteiger partial charge in [0.15, 0.2) is 0 Å². The van der Waals surface area contributed by atoms with Gasteiger partial charge in [-0.05, 0) is 103 Å². The first-order chi connectivity index (χ1) is 28.9. The van der Waals surface area contributed by atoms with E-state index >= 15 is 0 Å². The number of imidazole rings is 1. The number of methoxy groups -OCH3 is 3. The van der Waals surface area contributed by atoms with Crippen molar-refractivity contribution in [3.05, 3.63) is 65.6 Å². The fourth-order valence-corrected chi connectivity index (χ4v) is 9.43. The maximum atomic E-state index is 13.9. The Morgan fingerprint density at radius 3 is 2.30 bits per heavy atom. The Morgan fingerprint density at radius 1 is 0.867 bits per heavy atom. The van der Waals surface area contributed by atoms with Gasteiger partial charge in [0.2, 0.25) is 11.8 Å². The van der Waals surface area contributed by atoms with Crippen LogP contribution >= 0.6 is 0 Å². The van der Waals surface area contributed by atoms with Crippen molar-refractivity contribution in [1.82, 2.24) is 30.4 Å². The normalized spacial score (nSPS) is 21.4. The number of nitrogens with zero attached hydrogens (tertiary/aromatic N) is 4. The van der Waals surface area contributed by atoms with Crippen LogP contribution in [0.3, 0.4) is 0 Å². The van der Waals surface area contributed by atoms with Crippen LogP contribution in [0.25, 0.3) is 33.2 Å². The van der Waals surface area contributed by atoms with Gasteiger partial charge in [-0.2, -0.15) is 0 Å². The first-order valence-corrected chi connectivity index (χ1v) is 20.7. The highest BCUT2D eigenvalue weighted by molar-refractivity contribution is 6.06. The zero-order valence-electron chi connectivity index (χ0n) is 35.2. The maximum absolute atomic E-state index is 13.9. The molecule has 4 amide bonds. The Bertz CT molecular complexity index is 2370. The van der Waals surface area contributed by atoms with Gasteiger partial charge in [-0.3, -0.25) is 14.6 Å². The average molecular weight is 820 g/mol. The van der Waals surface area contributed by atoms with Gasteiger partial charge in [-0.15, -0.1) is 0 Å². The Labute approximate surface area is 349 Å². The zero-order valence-corrected chi connectivity index (χ0v) is 35.2. The summed E-state index contributed by atoms with van der Waals surface area (Å²) < 4.78 is 21.3. The van der Waals surface area contributed by atoms with Crippen LogP contribution in [0.15, 0.2) is 53.7 Å². The topological polar surface area (TPSA) is 177 Å². The van der Waals surface area contributed by atoms with Crippen molar-refractivity contribution in [2.75, 3.05) is 27.9 Å². The first-order valence-electron chi connectivity index (χ1n) is 20.7. The number of nitrogens with one attached hydrogen (secondary N) is 3. The van der Waals surface area contributed by atoms with Crippen LogP contribution in [0, 0.1) is 5.92 Å². The lowest BCUT2D eigenvalue weighted by molar-refractivity contribution is -0.137. The summed E-state index contributed by atoms with van der Waals surface area (Å²) in [4.78, 5) is 68.9. The molecule has 3 N–H and O–H groups in total. The van der Waals surface area contributed by atoms with Crippen molar-refractivity contribution in [3.8, 4) is 28.1 Å². The highest BCUT2D eigenvalue weighted by Crippen LogP contribution is 2.45. The number of hydrogen-bond donors (Lipinski definition) is 3. The molecule has 0 unspecified atom stereocenters. The van der Waals surface area contributed by atoms with Crippen molar-refractivity contribution in [2.24, 2.45) is 10.9 Å². The number of carbonyl (C=O) groups excluding carboxylic acids is 4. The molecule has 15 heteroatoms. The molecule has 60 heavy (non-hydrogen) atoms. The molecule has 2 fully saturated rings. The fraction of sp³-hybridized carbons (Fsp3) is 0.467. The lowest BCUT2D eigenvalue weighted by Crippen LogP contribution is -2.55. The van der Waals surface area contributed by atoms with Gasteiger partial charge in [-0.1, -0.05) is 32.0 Å². The second-order valence-electron chi connectivity index (χ2n) is 16.6. The molecule has 0 radical (unpaired) electrons. The molecule has 0 bridgehead atoms. The van der Waals surface area contributed by atoms with E-state index < -0.39 is 24.3 Å². The molecule has 15 nitrogen and oxygen atoms in total. The first kappa shape index (κ1) is 40.8. The van der Waals surface area contributed by atoms with E-state index in [1.807, 2.05) is 43.7 Å². The fourth-order valence-electron chi connectivity index (χ4n) is 9.43. The number of aromatic amines is 1. The van der Waals surface area contributed by atoms with Crippen LogP contribution in [0.4, 0.5) is 15.3 Å². The largest absolute Gasteiger partial charge is 0.488 e. The number of rotatable bonds is 10. The van der Waals surface area contributed by atoms with Crippen LogP contribution in [0.2, 0.25) is 0 Å². The number of H-pyrrole nitrogens is 1. The van der Waals surface area contributed by atoms with Gasteiger partial charge in [0, 0.05) is 36.9 Å². The van der Waals surface area contributed by atoms with Crippen molar-refractivity contribution < 1.29 is 38.1 Å². The summed E-state index contributed by atoms with van der Waals surface area (Å²) in [5.74, 6) is 1.02. The number of alkyl carbamates (subject to hydrolysis) is 2. The van der Waals surface area contributed by atoms with Gasteiger partial charge < -0.3 is 44.4 Å². The maximum Gasteiger partial charge on any atom is 0.407 e. The smallest absolute Gasteiger partial charge is 0.407 e. The Kier molecular flexibility index (Phi) is 11.3. The molecule has 4 aliphatic rings. The molecular formula is C45H53N7O8. The van der Waals surface area contributed by atoms with E-state index in [0.29, 0.717) is 18.9 Å². The second-order valence-corrected chi connectivity index (χ2v) is 16.6. The molecule has 316 valence electrons. The van der Waals surface area contributed by atoms with E-state index in [2.05, 4.69) is 58.1 Å². The summed E-state index contributed by atoms with van der Waals surface area (Å²) in [7, 11) is 4.06. The standard InChI is InChI=1S/C45H53N7O8/c1-23(2)40(50-45(56)59-7)43(54)52-25(4)9-15-38(52)41-46-20-35(48-41)27-10-12-29-28(16-27)21-60-39-19-30-26(17-32(29)39)11-13-33-31(30)18-34(47-33)37-14-8-24(3)51(37)42(53)36(22-57-5)49-44(55)58-6/h10-13,16-17,19-20,23-25,36-38,40H,8-9,14-15,18,21-22H2,1-7H3,(H,46,48)(H,49,55)(H,50,56)/t24-,25-,36-,37-,38-,40-/m0/s1. The number of aliphatic imine (C=N–C) groups is 1. The number of carbonyl (C=O) groups is 4. The highest BCUT2D eigenvalue weighted by atomic mass is 16.5. The molecule has 6 atom stereocenters. The number of amides is 4. The molecule has 0 saturated carbocycles. The Balaban J connectivity index is 1.01. The SMILES string of the molecule is COC[C@H](NC(=O)OC)C(=O)N1[C@@H](C)CC[C@H]1C1=Nc2ccc3cc4c(cc3c2C1)OCc1cc(-c2cnc([C@@H]3CC[C@H](C)N3C(=O)[C@@H](NC(=O)OC)C(C)C)[nH]2)ccc1-4. The Morgan fingerprint density at radius 2 is 1.58 bits per heavy atom. The van der Waals surface area contributed by atoms with E-state index in [9.17, 15) is 19.2 Å². The van der Waals surface area contributed by atoms with Crippen molar-refractivity contribution in [1.29, 1.82) is 0 Å². The summed E-state index contributed by atoms with van der Waals surface area (Å²) in [6.07, 6.45) is 4.28. The lowest BCUT2D eigenvalue weighted by atomic mass is 9.91. The van der Waals surface area contributed by atoms with Crippen LogP contribution in [-0.2, 0) is 36.8 Å². The molecule has 3 aromatic carbocycles. The van der Waals surface area contributed by atoms with Crippen LogP contribution in [0.5, 0.6) is 5.75 Å². The van der Waals surface area contributed by atoms with Crippen molar-refractivity contribution in [3.63, 3.8) is 0 Å². The predicted molar refractivity (Wildman–Crippen MR) is 225 cm³/mol. The van der Waals surface area contributed by atoms with E-state index in [4.69, 9.17) is 28.9 Å². The summed E-state index contributed by atoms with van der Waals surface area (Å²) in [5.41, 5.74) is 7.89. The van der Waals surface area contributed by atoms with E-state index in [-0.39, 0.29) is 48.5 Å². The molecule has 8 rings (SSSR count). The Hall–Kier alpha value is -5.96. The molecular weight excluding hydrogens is 767 g/mol. The van der Waals surface area contributed by atoms with E-state index in [0.717, 1.165) is 87.1 Å². The van der Waals surface area contributed by atoms with E-state index in [1.165, 1.54) is 21.3 Å². The van der Waals surface area contributed by atoms with Crippen LogP contribution in [-0.4, -0.2) is 108 Å². The summed E-state index contributed by atoms with van der Waals surface area (Å²) in [6, 6.07) is 12.7. The lowest BCUT2D eigenvalue weighted by Gasteiger charge is -2.32. The summed E-state index contributed by atoms with van der Waals surface area (Å²) in [6.45, 7) is 8.29. The third kappa shape index (κ3) is 7.43. The molecule has 0 spiro atoms. The van der Waals surface area contributed by atoms with E-state index in [1.54, 1.807) is 0 Å². The number of fused-ring (bicyclic) bond motifs is 6. The number of likely N-dealkylation sites (tertiary alicyclic amines) is 2.